The summed E-state index contributed by atoms with van der Waals surface area (Å²) in [5.74, 6) is 0.556. The molecule has 1 heterocycles. The first-order chi connectivity index (χ1) is 9.34. The summed E-state index contributed by atoms with van der Waals surface area (Å²) in [6.07, 6.45) is 0. The van der Waals surface area contributed by atoms with Gasteiger partial charge >= 0.3 is 0 Å². The third-order valence-electron chi connectivity index (χ3n) is 2.93. The van der Waals surface area contributed by atoms with Crippen LogP contribution in [0.5, 0.6) is 0 Å². The van der Waals surface area contributed by atoms with Crippen LogP contribution < -0.4 is 5.73 Å². The third kappa shape index (κ3) is 3.03. The Morgan fingerprint density at radius 3 is 2.65 bits per heavy atom. The quantitative estimate of drug-likeness (QED) is 0.877. The lowest BCUT2D eigenvalue weighted by atomic mass is 10.1. The molecule has 0 aliphatic rings. The summed E-state index contributed by atoms with van der Waals surface area (Å²) >= 11 is 12.0. The molecule has 0 aliphatic carbocycles. The number of aromatic nitrogens is 4. The maximum atomic E-state index is 6.03. The van der Waals surface area contributed by atoms with E-state index >= 15 is 0 Å². The normalized spacial score (nSPS) is 11.8. The van der Waals surface area contributed by atoms with E-state index in [2.05, 4.69) is 15.5 Å². The molecule has 20 heavy (non-hydrogen) atoms. The molecule has 0 radical (unpaired) electrons. The van der Waals surface area contributed by atoms with E-state index in [0.717, 1.165) is 0 Å². The van der Waals surface area contributed by atoms with Crippen molar-refractivity contribution in [3.8, 4) is 11.4 Å². The topological polar surface area (TPSA) is 78.8 Å². The molecule has 0 aliphatic heterocycles. The Bertz CT molecular complexity index is 603. The second kappa shape index (κ2) is 5.55. The average molecular weight is 316 g/mol. The van der Waals surface area contributed by atoms with Crippen LogP contribution in [0.3, 0.4) is 0 Å². The number of anilines is 1. The van der Waals surface area contributed by atoms with E-state index in [4.69, 9.17) is 33.7 Å². The molecular weight excluding hydrogens is 301 g/mol. The van der Waals surface area contributed by atoms with Gasteiger partial charge in [0.2, 0.25) is 0 Å². The number of hydrogen-bond donors (Lipinski definition) is 1. The van der Waals surface area contributed by atoms with Crippen molar-refractivity contribution in [1.82, 2.24) is 20.2 Å². The van der Waals surface area contributed by atoms with Gasteiger partial charge in [0, 0.05) is 12.7 Å². The maximum absolute atomic E-state index is 6.03. The van der Waals surface area contributed by atoms with E-state index in [1.54, 1.807) is 23.9 Å². The van der Waals surface area contributed by atoms with Crippen molar-refractivity contribution in [2.45, 2.75) is 26.0 Å². The zero-order chi connectivity index (χ0) is 14.9. The highest BCUT2D eigenvalue weighted by Crippen LogP contribution is 2.33. The van der Waals surface area contributed by atoms with Crippen molar-refractivity contribution < 1.29 is 4.74 Å². The van der Waals surface area contributed by atoms with Gasteiger partial charge < -0.3 is 10.5 Å². The highest BCUT2D eigenvalue weighted by atomic mass is 35.5. The lowest BCUT2D eigenvalue weighted by Gasteiger charge is -2.22. The van der Waals surface area contributed by atoms with Crippen LogP contribution in [-0.2, 0) is 11.3 Å². The van der Waals surface area contributed by atoms with E-state index in [-0.39, 0.29) is 0 Å². The lowest BCUT2D eigenvalue weighted by Crippen LogP contribution is -2.30. The smallest absolute Gasteiger partial charge is 0.182 e. The van der Waals surface area contributed by atoms with Crippen molar-refractivity contribution in [3.63, 3.8) is 0 Å². The Hall–Kier alpha value is -1.37. The van der Waals surface area contributed by atoms with Gasteiger partial charge in [-0.15, -0.1) is 5.10 Å². The minimum absolute atomic E-state index is 0.326. The molecule has 2 rings (SSSR count). The fraction of sp³-hybridized carbons (Fsp3) is 0.417. The van der Waals surface area contributed by atoms with E-state index in [1.165, 1.54) is 0 Å². The monoisotopic (exact) mass is 315 g/mol. The fourth-order valence-corrected chi connectivity index (χ4v) is 2.02. The molecule has 6 nitrogen and oxygen atoms in total. The summed E-state index contributed by atoms with van der Waals surface area (Å²) in [7, 11) is 1.64. The van der Waals surface area contributed by atoms with Gasteiger partial charge in [-0.2, -0.15) is 0 Å². The average Bonchev–Trinajstić information content (AvgIpc) is 2.82. The molecule has 0 fully saturated rings. The molecule has 108 valence electrons. The van der Waals surface area contributed by atoms with E-state index in [1.807, 2.05) is 13.8 Å². The molecule has 0 unspecified atom stereocenters. The number of nitrogens with zero attached hydrogens (tertiary/aromatic N) is 4. The number of ether oxygens (including phenoxy) is 1. The third-order valence-corrected chi connectivity index (χ3v) is 3.75. The predicted octanol–water partition coefficient (Wildman–Crippen LogP) is 2.65. The zero-order valence-electron chi connectivity index (χ0n) is 11.4. The number of nitrogens with two attached hydrogens (primary N) is 1. The van der Waals surface area contributed by atoms with Crippen molar-refractivity contribution in [1.29, 1.82) is 0 Å². The van der Waals surface area contributed by atoms with Gasteiger partial charge in [0.25, 0.3) is 0 Å². The minimum atomic E-state index is -0.397. The largest absolute Gasteiger partial charge is 0.397 e. The molecular formula is C12H15Cl2N5O. The van der Waals surface area contributed by atoms with E-state index < -0.39 is 5.60 Å². The Balaban J connectivity index is 2.42. The van der Waals surface area contributed by atoms with Gasteiger partial charge in [-0.1, -0.05) is 23.2 Å². The molecule has 2 aromatic rings. The first kappa shape index (κ1) is 15.0. The molecule has 0 saturated heterocycles. The number of nitrogen functional groups attached to an aromatic ring is 1. The van der Waals surface area contributed by atoms with Gasteiger partial charge in [0.05, 0.1) is 27.9 Å². The Labute approximate surface area is 126 Å². The highest BCUT2D eigenvalue weighted by Gasteiger charge is 2.21. The maximum Gasteiger partial charge on any atom is 0.182 e. The van der Waals surface area contributed by atoms with Crippen LogP contribution in [0.25, 0.3) is 11.4 Å². The SMILES string of the molecule is COC(C)(C)Cn1nnnc1-c1cc(N)c(Cl)c(Cl)c1. The van der Waals surface area contributed by atoms with Gasteiger partial charge in [-0.25, -0.2) is 4.68 Å². The molecule has 0 atom stereocenters. The number of benzene rings is 1. The first-order valence-corrected chi connectivity index (χ1v) is 6.66. The summed E-state index contributed by atoms with van der Waals surface area (Å²) in [4.78, 5) is 0. The van der Waals surface area contributed by atoms with E-state index in [9.17, 15) is 0 Å². The van der Waals surface area contributed by atoms with Gasteiger partial charge in [-0.3, -0.25) is 0 Å². The molecule has 0 bridgehead atoms. The Morgan fingerprint density at radius 1 is 1.35 bits per heavy atom. The lowest BCUT2D eigenvalue weighted by molar-refractivity contribution is 0.00539. The van der Waals surface area contributed by atoms with Crippen LogP contribution >= 0.6 is 23.2 Å². The van der Waals surface area contributed by atoms with Crippen molar-refractivity contribution >= 4 is 28.9 Å². The number of halogens is 2. The first-order valence-electron chi connectivity index (χ1n) is 5.90. The van der Waals surface area contributed by atoms with Gasteiger partial charge in [0.1, 0.15) is 0 Å². The minimum Gasteiger partial charge on any atom is -0.397 e. The second-order valence-electron chi connectivity index (χ2n) is 4.99. The molecule has 8 heteroatoms. The van der Waals surface area contributed by atoms with Crippen molar-refractivity contribution in [2.75, 3.05) is 12.8 Å². The van der Waals surface area contributed by atoms with Crippen LogP contribution in [0.1, 0.15) is 13.8 Å². The molecule has 1 aromatic heterocycles. The van der Waals surface area contributed by atoms with Crippen LogP contribution in [0.2, 0.25) is 10.0 Å². The molecule has 0 spiro atoms. The molecule has 2 N–H and O–H groups in total. The fourth-order valence-electron chi connectivity index (χ4n) is 1.68. The van der Waals surface area contributed by atoms with Crippen LogP contribution in [-0.4, -0.2) is 32.9 Å². The molecule has 0 amide bonds. The zero-order valence-corrected chi connectivity index (χ0v) is 12.9. The van der Waals surface area contributed by atoms with E-state index in [0.29, 0.717) is 33.7 Å². The summed E-state index contributed by atoms with van der Waals surface area (Å²) in [5.41, 5.74) is 6.50. The standard InChI is InChI=1S/C12H15Cl2N5O/c1-12(2,20-3)6-19-11(16-17-18-19)7-4-8(13)10(14)9(15)5-7/h4-5H,6,15H2,1-3H3. The highest BCUT2D eigenvalue weighted by molar-refractivity contribution is 6.43. The van der Waals surface area contributed by atoms with Crippen LogP contribution in [0.4, 0.5) is 5.69 Å². The van der Waals surface area contributed by atoms with Crippen LogP contribution in [0.15, 0.2) is 12.1 Å². The van der Waals surface area contributed by atoms with Crippen molar-refractivity contribution in [3.05, 3.63) is 22.2 Å². The Morgan fingerprint density at radius 2 is 2.05 bits per heavy atom. The number of tetrazole rings is 1. The number of methoxy groups -OCH3 is 1. The van der Waals surface area contributed by atoms with Crippen LogP contribution in [0, 0.1) is 0 Å². The van der Waals surface area contributed by atoms with Gasteiger partial charge in [0.15, 0.2) is 5.82 Å². The summed E-state index contributed by atoms with van der Waals surface area (Å²) in [6, 6.07) is 3.37. The molecule has 0 saturated carbocycles. The number of hydrogen-bond acceptors (Lipinski definition) is 5. The predicted molar refractivity (Wildman–Crippen MR) is 78.8 cm³/mol. The summed E-state index contributed by atoms with van der Waals surface area (Å²) < 4.78 is 7.02. The van der Waals surface area contributed by atoms with Gasteiger partial charge in [-0.05, 0) is 36.4 Å². The number of rotatable bonds is 4. The van der Waals surface area contributed by atoms with Crippen molar-refractivity contribution in [2.24, 2.45) is 0 Å². The summed E-state index contributed by atoms with van der Waals surface area (Å²) in [6.45, 7) is 4.38. The summed E-state index contributed by atoms with van der Waals surface area (Å²) in [5, 5.41) is 12.3. The Kier molecular flexibility index (Phi) is 4.17. The second-order valence-corrected chi connectivity index (χ2v) is 5.77. The molecule has 1 aromatic carbocycles.